The Kier molecular flexibility index (Phi) is 6.31. The summed E-state index contributed by atoms with van der Waals surface area (Å²) in [7, 11) is 0. The van der Waals surface area contributed by atoms with Gasteiger partial charge in [-0.15, -0.1) is 11.3 Å². The van der Waals surface area contributed by atoms with Crippen molar-refractivity contribution in [3.63, 3.8) is 0 Å². The second-order valence-corrected chi connectivity index (χ2v) is 7.99. The van der Waals surface area contributed by atoms with E-state index in [2.05, 4.69) is 5.32 Å². The molecule has 0 radical (unpaired) electrons. The van der Waals surface area contributed by atoms with Crippen LogP contribution in [-0.4, -0.2) is 53.7 Å². The second-order valence-electron chi connectivity index (χ2n) is 6.38. The van der Waals surface area contributed by atoms with E-state index in [0.717, 1.165) is 4.88 Å². The Bertz CT molecular complexity index is 910. The first-order valence-electron chi connectivity index (χ1n) is 8.72. The quantitative estimate of drug-likeness (QED) is 0.822. The van der Waals surface area contributed by atoms with Crippen molar-refractivity contribution in [2.45, 2.75) is 13.5 Å². The molecule has 1 aromatic heterocycles. The van der Waals surface area contributed by atoms with Crippen molar-refractivity contribution < 1.29 is 18.8 Å². The van der Waals surface area contributed by atoms with E-state index in [9.17, 15) is 18.8 Å². The van der Waals surface area contributed by atoms with Crippen molar-refractivity contribution in [1.29, 1.82) is 0 Å². The van der Waals surface area contributed by atoms with Gasteiger partial charge in [-0.3, -0.25) is 14.4 Å². The Morgan fingerprint density at radius 3 is 2.36 bits per heavy atom. The molecule has 0 saturated carbocycles. The molecule has 0 bridgehead atoms. The average molecular weight is 424 g/mol. The van der Waals surface area contributed by atoms with E-state index >= 15 is 0 Å². The van der Waals surface area contributed by atoms with Gasteiger partial charge in [-0.1, -0.05) is 11.6 Å². The molecule has 148 valence electrons. The molecule has 1 saturated heterocycles. The number of benzene rings is 1. The van der Waals surface area contributed by atoms with Crippen LogP contribution in [0.5, 0.6) is 0 Å². The van der Waals surface area contributed by atoms with Gasteiger partial charge in [0.25, 0.3) is 11.8 Å². The summed E-state index contributed by atoms with van der Waals surface area (Å²) in [6, 6.07) is 7.44. The fourth-order valence-corrected chi connectivity index (χ4v) is 3.99. The van der Waals surface area contributed by atoms with E-state index < -0.39 is 11.7 Å². The van der Waals surface area contributed by atoms with Crippen molar-refractivity contribution in [3.05, 3.63) is 56.5 Å². The molecule has 1 aliphatic heterocycles. The van der Waals surface area contributed by atoms with Gasteiger partial charge in [0.2, 0.25) is 5.91 Å². The maximum atomic E-state index is 13.9. The fraction of sp³-hybridized carbons (Fsp3) is 0.316. The molecule has 0 spiro atoms. The number of carbonyl (C=O) groups is 3. The number of rotatable bonds is 4. The van der Waals surface area contributed by atoms with Crippen LogP contribution in [0, 0.1) is 5.82 Å². The number of halogens is 2. The van der Waals surface area contributed by atoms with Crippen LogP contribution in [0.1, 0.15) is 31.8 Å². The number of piperazine rings is 1. The van der Waals surface area contributed by atoms with Crippen LogP contribution in [-0.2, 0) is 11.3 Å². The summed E-state index contributed by atoms with van der Waals surface area (Å²) in [4.78, 5) is 40.9. The van der Waals surface area contributed by atoms with Gasteiger partial charge >= 0.3 is 0 Å². The normalized spacial score (nSPS) is 14.1. The smallest absolute Gasteiger partial charge is 0.264 e. The third-order valence-corrected chi connectivity index (χ3v) is 5.71. The molecule has 1 aliphatic rings. The lowest BCUT2D eigenvalue weighted by Gasteiger charge is -2.34. The summed E-state index contributed by atoms with van der Waals surface area (Å²) >= 11 is 7.20. The minimum atomic E-state index is -0.613. The lowest BCUT2D eigenvalue weighted by Crippen LogP contribution is -2.50. The topological polar surface area (TPSA) is 69.7 Å². The third kappa shape index (κ3) is 4.69. The summed E-state index contributed by atoms with van der Waals surface area (Å²) in [5.74, 6) is -1.28. The highest BCUT2D eigenvalue weighted by atomic mass is 35.5. The van der Waals surface area contributed by atoms with E-state index in [1.54, 1.807) is 11.0 Å². The fourth-order valence-electron chi connectivity index (χ4n) is 2.90. The van der Waals surface area contributed by atoms with Gasteiger partial charge in [0.1, 0.15) is 5.82 Å². The summed E-state index contributed by atoms with van der Waals surface area (Å²) < 4.78 is 13.9. The number of hydrogen-bond acceptors (Lipinski definition) is 4. The number of hydrogen-bond donors (Lipinski definition) is 1. The zero-order chi connectivity index (χ0) is 20.3. The van der Waals surface area contributed by atoms with Crippen molar-refractivity contribution in [3.8, 4) is 0 Å². The maximum absolute atomic E-state index is 13.9. The van der Waals surface area contributed by atoms with Gasteiger partial charge in [0, 0.05) is 43.0 Å². The Balaban J connectivity index is 1.59. The minimum absolute atomic E-state index is 0.0619. The standard InChI is InChI=1S/C19H19ClFN3O3S/c1-12(25)22-11-14-3-5-17(28-14)19(27)24-8-6-23(7-9-24)18(26)15-10-13(20)2-4-16(15)21/h2-5,10H,6-9,11H2,1H3,(H,22,25). The Hall–Kier alpha value is -2.45. The maximum Gasteiger partial charge on any atom is 0.264 e. The van der Waals surface area contributed by atoms with Crippen LogP contribution in [0.25, 0.3) is 0 Å². The van der Waals surface area contributed by atoms with Crippen molar-refractivity contribution in [2.24, 2.45) is 0 Å². The van der Waals surface area contributed by atoms with E-state index in [-0.39, 0.29) is 17.4 Å². The molecule has 28 heavy (non-hydrogen) atoms. The lowest BCUT2D eigenvalue weighted by molar-refractivity contribution is -0.119. The summed E-state index contributed by atoms with van der Waals surface area (Å²) in [5.41, 5.74) is -0.0619. The number of thiophene rings is 1. The molecule has 1 fully saturated rings. The Morgan fingerprint density at radius 1 is 1.07 bits per heavy atom. The third-order valence-electron chi connectivity index (χ3n) is 4.40. The molecule has 1 N–H and O–H groups in total. The molecule has 0 atom stereocenters. The lowest BCUT2D eigenvalue weighted by atomic mass is 10.1. The highest BCUT2D eigenvalue weighted by Gasteiger charge is 2.27. The van der Waals surface area contributed by atoms with Crippen molar-refractivity contribution in [2.75, 3.05) is 26.2 Å². The van der Waals surface area contributed by atoms with E-state index in [1.807, 2.05) is 6.07 Å². The number of nitrogens with zero attached hydrogens (tertiary/aromatic N) is 2. The van der Waals surface area contributed by atoms with Crippen molar-refractivity contribution in [1.82, 2.24) is 15.1 Å². The molecule has 6 nitrogen and oxygen atoms in total. The first kappa shape index (κ1) is 20.3. The monoisotopic (exact) mass is 423 g/mol. The zero-order valence-corrected chi connectivity index (χ0v) is 16.8. The van der Waals surface area contributed by atoms with Gasteiger partial charge in [-0.25, -0.2) is 4.39 Å². The van der Waals surface area contributed by atoms with Crippen LogP contribution in [0.4, 0.5) is 4.39 Å². The Labute approximate surface area is 170 Å². The second kappa shape index (κ2) is 8.70. The number of amides is 3. The van der Waals surface area contributed by atoms with Gasteiger partial charge in [-0.05, 0) is 30.3 Å². The van der Waals surface area contributed by atoms with Gasteiger partial charge in [0.15, 0.2) is 0 Å². The van der Waals surface area contributed by atoms with Crippen LogP contribution in [0.3, 0.4) is 0 Å². The molecular weight excluding hydrogens is 405 g/mol. The minimum Gasteiger partial charge on any atom is -0.351 e. The van der Waals surface area contributed by atoms with E-state index in [4.69, 9.17) is 11.6 Å². The van der Waals surface area contributed by atoms with E-state index in [1.165, 1.54) is 41.4 Å². The predicted octanol–water partition coefficient (Wildman–Crippen LogP) is 2.77. The zero-order valence-electron chi connectivity index (χ0n) is 15.2. The Morgan fingerprint density at radius 2 is 1.71 bits per heavy atom. The first-order valence-corrected chi connectivity index (χ1v) is 9.91. The number of carbonyl (C=O) groups excluding carboxylic acids is 3. The molecule has 3 rings (SSSR count). The highest BCUT2D eigenvalue weighted by Crippen LogP contribution is 2.21. The highest BCUT2D eigenvalue weighted by molar-refractivity contribution is 7.14. The van der Waals surface area contributed by atoms with Crippen LogP contribution in [0.15, 0.2) is 30.3 Å². The molecule has 0 aliphatic carbocycles. The van der Waals surface area contributed by atoms with Crippen LogP contribution < -0.4 is 5.32 Å². The SMILES string of the molecule is CC(=O)NCc1ccc(C(=O)N2CCN(C(=O)c3cc(Cl)ccc3F)CC2)s1. The largest absolute Gasteiger partial charge is 0.351 e. The van der Waals surface area contributed by atoms with Gasteiger partial charge < -0.3 is 15.1 Å². The van der Waals surface area contributed by atoms with Crippen molar-refractivity contribution >= 4 is 40.7 Å². The molecule has 0 unspecified atom stereocenters. The van der Waals surface area contributed by atoms with Crippen LogP contribution >= 0.6 is 22.9 Å². The summed E-state index contributed by atoms with van der Waals surface area (Å²) in [6.45, 7) is 3.20. The van der Waals surface area contributed by atoms with Gasteiger partial charge in [0.05, 0.1) is 17.0 Å². The van der Waals surface area contributed by atoms with Crippen LogP contribution in [0.2, 0.25) is 5.02 Å². The van der Waals surface area contributed by atoms with E-state index in [0.29, 0.717) is 42.6 Å². The molecule has 2 aromatic rings. The van der Waals surface area contributed by atoms with Gasteiger partial charge in [-0.2, -0.15) is 0 Å². The molecule has 3 amide bonds. The molecular formula is C19H19ClFN3O3S. The molecule has 2 heterocycles. The number of nitrogens with one attached hydrogen (secondary N) is 1. The average Bonchev–Trinajstić information content (AvgIpc) is 3.16. The molecule has 9 heteroatoms. The summed E-state index contributed by atoms with van der Waals surface area (Å²) in [6.07, 6.45) is 0. The first-order chi connectivity index (χ1) is 13.3. The summed E-state index contributed by atoms with van der Waals surface area (Å²) in [5, 5.41) is 3.00. The predicted molar refractivity (Wildman–Crippen MR) is 105 cm³/mol. The molecule has 1 aromatic carbocycles.